The molecule has 1 saturated heterocycles. The van der Waals surface area contributed by atoms with E-state index in [9.17, 15) is 19.8 Å². The Hall–Kier alpha value is -4.46. The molecule has 0 aromatic heterocycles. The number of amides is 1. The van der Waals surface area contributed by atoms with Crippen LogP contribution in [0.2, 0.25) is 0 Å². The van der Waals surface area contributed by atoms with E-state index in [1.165, 1.54) is 18.1 Å². The van der Waals surface area contributed by atoms with Crippen LogP contribution in [0.3, 0.4) is 0 Å². The Morgan fingerprint density at radius 3 is 2.30 bits per heavy atom. The minimum absolute atomic E-state index is 0.0582. The molecule has 192 valence electrons. The molecular weight excluding hydrogens is 474 g/mol. The molecule has 0 spiro atoms. The molecule has 8 heteroatoms. The summed E-state index contributed by atoms with van der Waals surface area (Å²) < 4.78 is 16.5. The van der Waals surface area contributed by atoms with Crippen molar-refractivity contribution in [3.8, 4) is 23.0 Å². The van der Waals surface area contributed by atoms with Crippen molar-refractivity contribution in [2.45, 2.75) is 26.4 Å². The minimum Gasteiger partial charge on any atom is -0.507 e. The number of hydrogen-bond donors (Lipinski definition) is 2. The van der Waals surface area contributed by atoms with Crippen LogP contribution in [-0.2, 0) is 16.1 Å². The Bertz CT molecular complexity index is 1330. The number of hydrogen-bond acceptors (Lipinski definition) is 7. The van der Waals surface area contributed by atoms with Gasteiger partial charge in [0.2, 0.25) is 0 Å². The van der Waals surface area contributed by atoms with Crippen molar-refractivity contribution >= 4 is 17.4 Å². The van der Waals surface area contributed by atoms with Crippen LogP contribution in [0.15, 0.2) is 72.3 Å². The summed E-state index contributed by atoms with van der Waals surface area (Å²) in [7, 11) is 1.53. The number of likely N-dealkylation sites (tertiary alicyclic amines) is 1. The van der Waals surface area contributed by atoms with E-state index >= 15 is 0 Å². The number of ether oxygens (including phenoxy) is 3. The van der Waals surface area contributed by atoms with E-state index in [4.69, 9.17) is 14.2 Å². The molecule has 0 aliphatic carbocycles. The molecule has 37 heavy (non-hydrogen) atoms. The zero-order chi connectivity index (χ0) is 26.5. The number of aromatic hydroxyl groups is 1. The number of para-hydroxylation sites is 1. The number of carbonyl (C=O) groups excluding carboxylic acids is 2. The number of benzene rings is 3. The van der Waals surface area contributed by atoms with Crippen LogP contribution in [0, 0.1) is 0 Å². The topological polar surface area (TPSA) is 106 Å². The first kappa shape index (κ1) is 25.6. The molecule has 1 aliphatic heterocycles. The average Bonchev–Trinajstić information content (AvgIpc) is 3.15. The number of phenols is 1. The van der Waals surface area contributed by atoms with Gasteiger partial charge >= 0.3 is 0 Å². The minimum atomic E-state index is -0.934. The van der Waals surface area contributed by atoms with E-state index in [1.807, 2.05) is 25.1 Å². The largest absolute Gasteiger partial charge is 0.507 e. The lowest BCUT2D eigenvalue weighted by Crippen LogP contribution is -2.29. The van der Waals surface area contributed by atoms with Gasteiger partial charge in [0.1, 0.15) is 17.3 Å². The van der Waals surface area contributed by atoms with Gasteiger partial charge in [0.25, 0.3) is 11.7 Å². The molecule has 8 nitrogen and oxygen atoms in total. The van der Waals surface area contributed by atoms with Crippen molar-refractivity contribution in [1.29, 1.82) is 0 Å². The Kier molecular flexibility index (Phi) is 7.67. The summed E-state index contributed by atoms with van der Waals surface area (Å²) in [6, 6.07) is 17.5. The van der Waals surface area contributed by atoms with Crippen LogP contribution in [0.25, 0.3) is 5.76 Å². The summed E-state index contributed by atoms with van der Waals surface area (Å²) in [6.45, 7) is 4.51. The summed E-state index contributed by atoms with van der Waals surface area (Å²) in [5, 5.41) is 21.5. The number of nitrogens with zero attached hydrogens (tertiary/aromatic N) is 1. The fourth-order valence-corrected chi connectivity index (χ4v) is 4.41. The summed E-state index contributed by atoms with van der Waals surface area (Å²) in [4.78, 5) is 28.1. The highest BCUT2D eigenvalue weighted by Gasteiger charge is 2.46. The van der Waals surface area contributed by atoms with Crippen LogP contribution < -0.4 is 14.2 Å². The second-order valence-electron chi connectivity index (χ2n) is 8.36. The third-order valence-electron chi connectivity index (χ3n) is 6.11. The number of methoxy groups -OCH3 is 1. The van der Waals surface area contributed by atoms with Crippen molar-refractivity contribution in [2.24, 2.45) is 0 Å². The second kappa shape index (κ2) is 11.1. The first-order valence-corrected chi connectivity index (χ1v) is 12.0. The second-order valence-corrected chi connectivity index (χ2v) is 8.36. The maximum Gasteiger partial charge on any atom is 0.295 e. The van der Waals surface area contributed by atoms with Crippen LogP contribution >= 0.6 is 0 Å². The summed E-state index contributed by atoms with van der Waals surface area (Å²) in [5.74, 6) is -0.545. The molecular formula is C29H29NO7. The van der Waals surface area contributed by atoms with Crippen LogP contribution in [0.1, 0.15) is 36.6 Å². The number of rotatable bonds is 9. The highest BCUT2D eigenvalue weighted by Crippen LogP contribution is 2.43. The summed E-state index contributed by atoms with van der Waals surface area (Å²) >= 11 is 0. The smallest absolute Gasteiger partial charge is 0.295 e. The molecule has 4 rings (SSSR count). The average molecular weight is 504 g/mol. The van der Waals surface area contributed by atoms with Gasteiger partial charge in [0, 0.05) is 11.1 Å². The first-order valence-electron chi connectivity index (χ1n) is 12.0. The van der Waals surface area contributed by atoms with Crippen molar-refractivity contribution in [3.05, 3.63) is 89.0 Å². The molecule has 1 amide bonds. The summed E-state index contributed by atoms with van der Waals surface area (Å²) in [5.41, 5.74) is 1.51. The zero-order valence-electron chi connectivity index (χ0n) is 20.9. The molecule has 3 aromatic rings. The quantitative estimate of drug-likeness (QED) is 0.245. The molecule has 1 aliphatic rings. The summed E-state index contributed by atoms with van der Waals surface area (Å²) in [6.07, 6.45) is 0. The standard InChI is InChI=1S/C29H29NO7/c1-4-36-21-13-10-18(11-14-21)27(32)25-26(19-12-15-22(31)24(16-19)37-5-2)30(29(34)28(25)33)17-20-8-6-7-9-23(20)35-3/h6-16,26,31-32H,4-5,17H2,1-3H3/b27-25-. The Morgan fingerprint density at radius 2 is 1.62 bits per heavy atom. The Balaban J connectivity index is 1.86. The fourth-order valence-electron chi connectivity index (χ4n) is 4.41. The lowest BCUT2D eigenvalue weighted by atomic mass is 9.94. The highest BCUT2D eigenvalue weighted by molar-refractivity contribution is 6.46. The number of ketones is 1. The molecule has 2 N–H and O–H groups in total. The van der Waals surface area contributed by atoms with Crippen LogP contribution in [0.5, 0.6) is 23.0 Å². The van der Waals surface area contributed by atoms with Gasteiger partial charge in [-0.15, -0.1) is 0 Å². The van der Waals surface area contributed by atoms with Gasteiger partial charge in [-0.3, -0.25) is 9.59 Å². The van der Waals surface area contributed by atoms with Crippen molar-refractivity contribution in [3.63, 3.8) is 0 Å². The van der Waals surface area contributed by atoms with Gasteiger partial charge in [-0.2, -0.15) is 0 Å². The van der Waals surface area contributed by atoms with Crippen LogP contribution in [-0.4, -0.2) is 47.1 Å². The predicted molar refractivity (Wildman–Crippen MR) is 138 cm³/mol. The van der Waals surface area contributed by atoms with Gasteiger partial charge in [0.05, 0.1) is 38.5 Å². The number of aliphatic hydroxyl groups excluding tert-OH is 1. The van der Waals surface area contributed by atoms with Gasteiger partial charge < -0.3 is 29.3 Å². The molecule has 3 aromatic carbocycles. The van der Waals surface area contributed by atoms with E-state index in [2.05, 4.69) is 0 Å². The van der Waals surface area contributed by atoms with Crippen LogP contribution in [0.4, 0.5) is 0 Å². The molecule has 1 unspecified atom stereocenters. The predicted octanol–water partition coefficient (Wildman–Crippen LogP) is 4.82. The van der Waals surface area contributed by atoms with Gasteiger partial charge in [-0.05, 0) is 61.9 Å². The number of phenolic OH excluding ortho intramolecular Hbond substituents is 1. The fraction of sp³-hybridized carbons (Fsp3) is 0.241. The van der Waals surface area contributed by atoms with E-state index in [0.29, 0.717) is 41.4 Å². The monoisotopic (exact) mass is 503 g/mol. The molecule has 1 fully saturated rings. The van der Waals surface area contributed by atoms with Gasteiger partial charge in [-0.25, -0.2) is 0 Å². The molecule has 0 saturated carbocycles. The van der Waals surface area contributed by atoms with E-state index in [0.717, 1.165) is 0 Å². The van der Waals surface area contributed by atoms with Gasteiger partial charge in [-0.1, -0.05) is 24.3 Å². The van der Waals surface area contributed by atoms with Crippen molar-refractivity contribution in [2.75, 3.05) is 20.3 Å². The van der Waals surface area contributed by atoms with Crippen molar-refractivity contribution < 1.29 is 34.0 Å². The molecule has 1 heterocycles. The van der Waals surface area contributed by atoms with E-state index in [-0.39, 0.29) is 29.4 Å². The highest BCUT2D eigenvalue weighted by atomic mass is 16.5. The van der Waals surface area contributed by atoms with Crippen molar-refractivity contribution in [1.82, 2.24) is 4.90 Å². The third kappa shape index (κ3) is 5.09. The normalized spacial score (nSPS) is 16.6. The molecule has 0 bridgehead atoms. The Labute approximate surface area is 215 Å². The lowest BCUT2D eigenvalue weighted by Gasteiger charge is -2.26. The number of carbonyl (C=O) groups is 2. The maximum atomic E-state index is 13.4. The van der Waals surface area contributed by atoms with Gasteiger partial charge in [0.15, 0.2) is 11.5 Å². The van der Waals surface area contributed by atoms with E-state index in [1.54, 1.807) is 49.4 Å². The Morgan fingerprint density at radius 1 is 0.919 bits per heavy atom. The molecule has 1 atom stereocenters. The molecule has 0 radical (unpaired) electrons. The van der Waals surface area contributed by atoms with E-state index < -0.39 is 17.7 Å². The first-order chi connectivity index (χ1) is 17.9. The maximum absolute atomic E-state index is 13.4. The third-order valence-corrected chi connectivity index (χ3v) is 6.11. The number of Topliss-reactive ketones (excluding diaryl/α,β-unsaturated/α-hetero) is 1. The zero-order valence-corrected chi connectivity index (χ0v) is 20.9. The SMILES string of the molecule is CCOc1ccc(/C(O)=C2/C(=O)C(=O)N(Cc3ccccc3OC)C2c2ccc(O)c(OCC)c2)cc1. The number of aliphatic hydroxyl groups is 1. The lowest BCUT2D eigenvalue weighted by molar-refractivity contribution is -0.140.